The van der Waals surface area contributed by atoms with E-state index in [-0.39, 0.29) is 0 Å². The van der Waals surface area contributed by atoms with Gasteiger partial charge in [-0.25, -0.2) is 0 Å². The minimum Gasteiger partial charge on any atom is -0.198 e. The molecule has 3 heteroatoms. The van der Waals surface area contributed by atoms with Gasteiger partial charge in [-0.2, -0.15) is 5.26 Å². The predicted octanol–water partition coefficient (Wildman–Crippen LogP) is 3.84. The van der Waals surface area contributed by atoms with Gasteiger partial charge in [0.2, 0.25) is 0 Å². The molecule has 0 saturated carbocycles. The number of rotatable bonds is 3. The predicted molar refractivity (Wildman–Crippen MR) is 55.0 cm³/mol. The summed E-state index contributed by atoms with van der Waals surface area (Å²) in [6.07, 6.45) is 2.20. The second kappa shape index (κ2) is 5.11. The fraction of sp³-hybridized carbons (Fsp3) is 0.300. The number of benzene rings is 1. The largest absolute Gasteiger partial charge is 0.198 e. The van der Waals surface area contributed by atoms with Gasteiger partial charge in [0.1, 0.15) is 0 Å². The molecule has 0 unspecified atom stereocenters. The second-order valence-electron chi connectivity index (χ2n) is 2.72. The maximum absolute atomic E-state index is 8.36. The monoisotopic (exact) mass is 213 g/mol. The lowest BCUT2D eigenvalue weighted by molar-refractivity contribution is 0.851. The Morgan fingerprint density at radius 3 is 2.77 bits per heavy atom. The van der Waals surface area contributed by atoms with Crippen LogP contribution < -0.4 is 0 Å². The maximum atomic E-state index is 8.36. The van der Waals surface area contributed by atoms with E-state index < -0.39 is 0 Å². The summed E-state index contributed by atoms with van der Waals surface area (Å²) in [5.74, 6) is 0. The van der Waals surface area contributed by atoms with Gasteiger partial charge < -0.3 is 0 Å². The maximum Gasteiger partial charge on any atom is 0.0624 e. The summed E-state index contributed by atoms with van der Waals surface area (Å²) in [4.78, 5) is 0. The van der Waals surface area contributed by atoms with E-state index in [2.05, 4.69) is 6.07 Å². The minimum atomic E-state index is 0.558. The normalized spacial score (nSPS) is 9.62. The van der Waals surface area contributed by atoms with E-state index in [0.29, 0.717) is 16.5 Å². The summed E-state index contributed by atoms with van der Waals surface area (Å²) in [5.41, 5.74) is 1.02. The number of aryl methyl sites for hydroxylation is 1. The fourth-order valence-corrected chi connectivity index (χ4v) is 1.51. The third-order valence-electron chi connectivity index (χ3n) is 1.77. The lowest BCUT2D eigenvalue weighted by Gasteiger charge is -2.03. The van der Waals surface area contributed by atoms with E-state index in [1.54, 1.807) is 6.07 Å². The van der Waals surface area contributed by atoms with E-state index in [0.717, 1.165) is 18.4 Å². The first-order chi connectivity index (χ1) is 6.25. The van der Waals surface area contributed by atoms with Gasteiger partial charge in [-0.05, 0) is 24.5 Å². The molecule has 0 saturated heterocycles. The molecule has 0 radical (unpaired) electrons. The molecule has 0 amide bonds. The SMILES string of the molecule is N#CCCCc1cccc(Cl)c1Cl. The van der Waals surface area contributed by atoms with Crippen molar-refractivity contribution in [2.24, 2.45) is 0 Å². The highest BCUT2D eigenvalue weighted by molar-refractivity contribution is 6.42. The molecule has 0 bridgehead atoms. The zero-order valence-electron chi connectivity index (χ0n) is 7.06. The molecule has 1 aromatic carbocycles. The number of hydrogen-bond donors (Lipinski definition) is 0. The molecule has 0 spiro atoms. The van der Waals surface area contributed by atoms with Gasteiger partial charge in [0.15, 0.2) is 0 Å². The molecule has 1 rings (SSSR count). The molecule has 1 nitrogen and oxygen atoms in total. The van der Waals surface area contributed by atoms with E-state index in [9.17, 15) is 0 Å². The van der Waals surface area contributed by atoms with Crippen LogP contribution in [0.1, 0.15) is 18.4 Å². The molecule has 1 aromatic rings. The van der Waals surface area contributed by atoms with Crippen molar-refractivity contribution in [1.82, 2.24) is 0 Å². The molecule has 0 aliphatic heterocycles. The van der Waals surface area contributed by atoms with Crippen molar-refractivity contribution in [3.63, 3.8) is 0 Å². The lowest BCUT2D eigenvalue weighted by Crippen LogP contribution is -1.86. The topological polar surface area (TPSA) is 23.8 Å². The van der Waals surface area contributed by atoms with Crippen molar-refractivity contribution in [2.45, 2.75) is 19.3 Å². The van der Waals surface area contributed by atoms with Gasteiger partial charge in [-0.15, -0.1) is 0 Å². The average molecular weight is 214 g/mol. The Morgan fingerprint density at radius 1 is 1.31 bits per heavy atom. The van der Waals surface area contributed by atoms with Crippen LogP contribution in [-0.2, 0) is 6.42 Å². The molecule has 68 valence electrons. The summed E-state index contributed by atoms with van der Waals surface area (Å²) in [5, 5.41) is 9.55. The summed E-state index contributed by atoms with van der Waals surface area (Å²) in [6, 6.07) is 7.66. The highest BCUT2D eigenvalue weighted by Gasteiger charge is 2.02. The summed E-state index contributed by atoms with van der Waals surface area (Å²) < 4.78 is 0. The van der Waals surface area contributed by atoms with Gasteiger partial charge in [-0.3, -0.25) is 0 Å². The van der Waals surface area contributed by atoms with Gasteiger partial charge >= 0.3 is 0 Å². The van der Waals surface area contributed by atoms with Crippen molar-refractivity contribution >= 4 is 23.2 Å². The number of nitriles is 1. The molecule has 0 atom stereocenters. The van der Waals surface area contributed by atoms with Crippen LogP contribution >= 0.6 is 23.2 Å². The minimum absolute atomic E-state index is 0.558. The van der Waals surface area contributed by atoms with Crippen molar-refractivity contribution in [3.8, 4) is 6.07 Å². The first kappa shape index (κ1) is 10.4. The van der Waals surface area contributed by atoms with E-state index >= 15 is 0 Å². The lowest BCUT2D eigenvalue weighted by atomic mass is 10.1. The Morgan fingerprint density at radius 2 is 2.08 bits per heavy atom. The summed E-state index contributed by atoms with van der Waals surface area (Å²) >= 11 is 11.8. The molecule has 13 heavy (non-hydrogen) atoms. The van der Waals surface area contributed by atoms with Crippen molar-refractivity contribution in [1.29, 1.82) is 5.26 Å². The van der Waals surface area contributed by atoms with Gasteiger partial charge in [0, 0.05) is 6.42 Å². The number of hydrogen-bond acceptors (Lipinski definition) is 1. The van der Waals surface area contributed by atoms with Crippen molar-refractivity contribution < 1.29 is 0 Å². The smallest absolute Gasteiger partial charge is 0.0624 e. The molecule has 0 aliphatic carbocycles. The fourth-order valence-electron chi connectivity index (χ4n) is 1.10. The van der Waals surface area contributed by atoms with Gasteiger partial charge in [0.25, 0.3) is 0 Å². The van der Waals surface area contributed by atoms with Crippen LogP contribution in [0.4, 0.5) is 0 Å². The van der Waals surface area contributed by atoms with Gasteiger partial charge in [0.05, 0.1) is 16.1 Å². The first-order valence-corrected chi connectivity index (χ1v) is 4.81. The number of halogens is 2. The quantitative estimate of drug-likeness (QED) is 0.701. The van der Waals surface area contributed by atoms with Crippen LogP contribution in [0.2, 0.25) is 10.0 Å². The Bertz CT molecular complexity index is 328. The highest BCUT2D eigenvalue weighted by atomic mass is 35.5. The zero-order valence-corrected chi connectivity index (χ0v) is 8.57. The van der Waals surface area contributed by atoms with E-state index in [4.69, 9.17) is 28.5 Å². The number of nitrogens with zero attached hydrogens (tertiary/aromatic N) is 1. The standard InChI is InChI=1S/C10H9Cl2N/c11-9-6-3-5-8(10(9)12)4-1-2-7-13/h3,5-6H,1-2,4H2. The van der Waals surface area contributed by atoms with Crippen molar-refractivity contribution in [2.75, 3.05) is 0 Å². The van der Waals surface area contributed by atoms with Crippen LogP contribution in [0.5, 0.6) is 0 Å². The van der Waals surface area contributed by atoms with Crippen LogP contribution in [0.3, 0.4) is 0 Å². The van der Waals surface area contributed by atoms with Crippen LogP contribution in [0, 0.1) is 11.3 Å². The Labute approximate surface area is 87.9 Å². The molecular weight excluding hydrogens is 205 g/mol. The Balaban J connectivity index is 2.67. The third kappa shape index (κ3) is 2.91. The van der Waals surface area contributed by atoms with E-state index in [1.165, 1.54) is 0 Å². The third-order valence-corrected chi connectivity index (χ3v) is 2.62. The Hall–Kier alpha value is -0.710. The summed E-state index contributed by atoms with van der Waals surface area (Å²) in [6.45, 7) is 0. The molecule has 0 aliphatic rings. The second-order valence-corrected chi connectivity index (χ2v) is 3.51. The Kier molecular flexibility index (Phi) is 4.08. The van der Waals surface area contributed by atoms with Crippen LogP contribution in [0.15, 0.2) is 18.2 Å². The number of unbranched alkanes of at least 4 members (excludes halogenated alkanes) is 1. The first-order valence-electron chi connectivity index (χ1n) is 4.05. The molecular formula is C10H9Cl2N. The van der Waals surface area contributed by atoms with Crippen molar-refractivity contribution in [3.05, 3.63) is 33.8 Å². The van der Waals surface area contributed by atoms with E-state index in [1.807, 2.05) is 12.1 Å². The summed E-state index contributed by atoms with van der Waals surface area (Å²) in [7, 11) is 0. The average Bonchev–Trinajstić information content (AvgIpc) is 2.13. The molecule has 0 heterocycles. The molecule has 0 aromatic heterocycles. The molecule has 0 fully saturated rings. The zero-order chi connectivity index (χ0) is 9.68. The van der Waals surface area contributed by atoms with Crippen LogP contribution in [-0.4, -0.2) is 0 Å². The van der Waals surface area contributed by atoms with Gasteiger partial charge in [-0.1, -0.05) is 35.3 Å². The highest BCUT2D eigenvalue weighted by Crippen LogP contribution is 2.26. The van der Waals surface area contributed by atoms with Crippen LogP contribution in [0.25, 0.3) is 0 Å². The molecule has 0 N–H and O–H groups in total.